The van der Waals surface area contributed by atoms with Crippen molar-refractivity contribution in [2.45, 2.75) is 44.8 Å². The van der Waals surface area contributed by atoms with Gasteiger partial charge in [0.25, 0.3) is 0 Å². The van der Waals surface area contributed by atoms with Crippen molar-refractivity contribution in [1.82, 2.24) is 4.98 Å². The predicted octanol–water partition coefficient (Wildman–Crippen LogP) is 1.45. The van der Waals surface area contributed by atoms with Crippen molar-refractivity contribution in [3.63, 3.8) is 0 Å². The summed E-state index contributed by atoms with van der Waals surface area (Å²) < 4.78 is 0. The molecule has 3 heteroatoms. The molecule has 1 aliphatic rings. The van der Waals surface area contributed by atoms with E-state index in [0.717, 1.165) is 31.4 Å². The Kier molecular flexibility index (Phi) is 3.56. The van der Waals surface area contributed by atoms with Crippen LogP contribution in [0.4, 0.5) is 0 Å². The van der Waals surface area contributed by atoms with Crippen LogP contribution in [0, 0.1) is 12.8 Å². The number of nitrogens with zero attached hydrogens (tertiary/aromatic N) is 1. The second-order valence-electron chi connectivity index (χ2n) is 4.78. The summed E-state index contributed by atoms with van der Waals surface area (Å²) in [5, 5.41) is 19.5. The SMILES string of the molecule is Cc1ccnc(C[C@@H]2CCC[C@@H](O)[C@H]2O)c1. The molecule has 0 amide bonds. The second-order valence-corrected chi connectivity index (χ2v) is 4.78. The predicted molar refractivity (Wildman–Crippen MR) is 62.0 cm³/mol. The second kappa shape index (κ2) is 4.93. The minimum absolute atomic E-state index is 0.151. The number of aromatic nitrogens is 1. The molecule has 0 saturated heterocycles. The Labute approximate surface area is 96.2 Å². The molecule has 1 aliphatic carbocycles. The summed E-state index contributed by atoms with van der Waals surface area (Å²) in [6.45, 7) is 2.04. The van der Waals surface area contributed by atoms with E-state index in [0.29, 0.717) is 0 Å². The summed E-state index contributed by atoms with van der Waals surface area (Å²) in [6, 6.07) is 4.02. The van der Waals surface area contributed by atoms with Gasteiger partial charge in [-0.2, -0.15) is 0 Å². The molecule has 1 heterocycles. The summed E-state index contributed by atoms with van der Waals surface area (Å²) in [6.07, 6.45) is 4.12. The van der Waals surface area contributed by atoms with Crippen LogP contribution < -0.4 is 0 Å². The molecule has 0 bridgehead atoms. The van der Waals surface area contributed by atoms with Gasteiger partial charge < -0.3 is 10.2 Å². The van der Waals surface area contributed by atoms with Crippen molar-refractivity contribution < 1.29 is 10.2 Å². The Balaban J connectivity index is 2.03. The number of hydrogen-bond donors (Lipinski definition) is 2. The molecule has 2 rings (SSSR count). The zero-order chi connectivity index (χ0) is 11.5. The molecular formula is C13H19NO2. The third-order valence-electron chi connectivity index (χ3n) is 3.40. The molecule has 2 N–H and O–H groups in total. The normalized spacial score (nSPS) is 30.3. The molecule has 0 aliphatic heterocycles. The first kappa shape index (κ1) is 11.6. The lowest BCUT2D eigenvalue weighted by atomic mass is 9.81. The number of aliphatic hydroxyl groups is 2. The van der Waals surface area contributed by atoms with Gasteiger partial charge >= 0.3 is 0 Å². The molecule has 0 spiro atoms. The summed E-state index contributed by atoms with van der Waals surface area (Å²) >= 11 is 0. The van der Waals surface area contributed by atoms with Gasteiger partial charge in [0.15, 0.2) is 0 Å². The molecule has 1 saturated carbocycles. The van der Waals surface area contributed by atoms with Gasteiger partial charge in [-0.1, -0.05) is 6.42 Å². The fourth-order valence-corrected chi connectivity index (χ4v) is 2.45. The summed E-state index contributed by atoms with van der Waals surface area (Å²) in [4.78, 5) is 4.30. The highest BCUT2D eigenvalue weighted by Gasteiger charge is 2.30. The molecule has 3 nitrogen and oxygen atoms in total. The molecule has 1 aromatic heterocycles. The van der Waals surface area contributed by atoms with Crippen molar-refractivity contribution in [2.24, 2.45) is 5.92 Å². The smallest absolute Gasteiger partial charge is 0.0830 e. The maximum absolute atomic E-state index is 9.89. The number of rotatable bonds is 2. The molecule has 1 fully saturated rings. The van der Waals surface area contributed by atoms with E-state index in [1.807, 2.05) is 19.1 Å². The van der Waals surface area contributed by atoms with E-state index in [9.17, 15) is 10.2 Å². The van der Waals surface area contributed by atoms with Crippen molar-refractivity contribution in [1.29, 1.82) is 0 Å². The lowest BCUT2D eigenvalue weighted by molar-refractivity contribution is -0.0445. The highest BCUT2D eigenvalue weighted by atomic mass is 16.3. The topological polar surface area (TPSA) is 53.4 Å². The fraction of sp³-hybridized carbons (Fsp3) is 0.615. The van der Waals surface area contributed by atoms with Crippen LogP contribution in [0.5, 0.6) is 0 Å². The van der Waals surface area contributed by atoms with Gasteiger partial charge in [0.05, 0.1) is 12.2 Å². The monoisotopic (exact) mass is 221 g/mol. The van der Waals surface area contributed by atoms with Crippen LogP contribution in [0.25, 0.3) is 0 Å². The van der Waals surface area contributed by atoms with Gasteiger partial charge in [-0.05, 0) is 49.8 Å². The van der Waals surface area contributed by atoms with Gasteiger partial charge in [0, 0.05) is 11.9 Å². The van der Waals surface area contributed by atoms with Crippen molar-refractivity contribution >= 4 is 0 Å². The number of aliphatic hydroxyl groups excluding tert-OH is 2. The van der Waals surface area contributed by atoms with E-state index in [1.165, 1.54) is 5.56 Å². The maximum atomic E-state index is 9.89. The molecule has 0 unspecified atom stereocenters. The van der Waals surface area contributed by atoms with E-state index in [1.54, 1.807) is 6.20 Å². The van der Waals surface area contributed by atoms with Crippen LogP contribution in [0.2, 0.25) is 0 Å². The van der Waals surface area contributed by atoms with Crippen molar-refractivity contribution in [2.75, 3.05) is 0 Å². The lowest BCUT2D eigenvalue weighted by Crippen LogP contribution is -2.38. The van der Waals surface area contributed by atoms with Gasteiger partial charge in [-0.25, -0.2) is 0 Å². The average Bonchev–Trinajstić information content (AvgIpc) is 2.25. The Bertz CT molecular complexity index is 354. The van der Waals surface area contributed by atoms with Crippen molar-refractivity contribution in [3.05, 3.63) is 29.6 Å². The first-order valence-corrected chi connectivity index (χ1v) is 5.94. The lowest BCUT2D eigenvalue weighted by Gasteiger charge is -2.31. The first-order valence-electron chi connectivity index (χ1n) is 5.94. The highest BCUT2D eigenvalue weighted by Crippen LogP contribution is 2.27. The van der Waals surface area contributed by atoms with Crippen molar-refractivity contribution in [3.8, 4) is 0 Å². The van der Waals surface area contributed by atoms with E-state index in [2.05, 4.69) is 4.98 Å². The third-order valence-corrected chi connectivity index (χ3v) is 3.40. The number of aryl methyl sites for hydroxylation is 1. The standard InChI is InChI=1S/C13H19NO2/c1-9-5-6-14-11(7-9)8-10-3-2-4-12(15)13(10)16/h5-7,10,12-13,15-16H,2-4,8H2,1H3/t10-,12+,13-/m0/s1. The minimum atomic E-state index is -0.587. The largest absolute Gasteiger partial charge is 0.390 e. The quantitative estimate of drug-likeness (QED) is 0.795. The zero-order valence-electron chi connectivity index (χ0n) is 9.63. The van der Waals surface area contributed by atoms with Gasteiger partial charge in [0.1, 0.15) is 0 Å². The Morgan fingerprint density at radius 1 is 1.38 bits per heavy atom. The summed E-state index contributed by atoms with van der Waals surface area (Å²) in [7, 11) is 0. The molecule has 16 heavy (non-hydrogen) atoms. The Morgan fingerprint density at radius 3 is 2.94 bits per heavy atom. The fourth-order valence-electron chi connectivity index (χ4n) is 2.45. The summed E-state index contributed by atoms with van der Waals surface area (Å²) in [5.41, 5.74) is 2.20. The third kappa shape index (κ3) is 2.60. The van der Waals surface area contributed by atoms with Gasteiger partial charge in [-0.15, -0.1) is 0 Å². The van der Waals surface area contributed by atoms with Crippen LogP contribution in [0.1, 0.15) is 30.5 Å². The zero-order valence-corrected chi connectivity index (χ0v) is 9.63. The Morgan fingerprint density at radius 2 is 2.19 bits per heavy atom. The van der Waals surface area contributed by atoms with Crippen LogP contribution in [0.3, 0.4) is 0 Å². The molecule has 1 aromatic rings. The van der Waals surface area contributed by atoms with E-state index < -0.39 is 12.2 Å². The molecule has 3 atom stereocenters. The molecule has 88 valence electrons. The highest BCUT2D eigenvalue weighted by molar-refractivity contribution is 5.15. The van der Waals surface area contributed by atoms with E-state index in [4.69, 9.17) is 0 Å². The molecular weight excluding hydrogens is 202 g/mol. The summed E-state index contributed by atoms with van der Waals surface area (Å²) in [5.74, 6) is 0.151. The van der Waals surface area contributed by atoms with Crippen LogP contribution in [-0.2, 0) is 6.42 Å². The van der Waals surface area contributed by atoms with Gasteiger partial charge in [0.2, 0.25) is 0 Å². The van der Waals surface area contributed by atoms with E-state index in [-0.39, 0.29) is 5.92 Å². The van der Waals surface area contributed by atoms with Crippen LogP contribution in [0.15, 0.2) is 18.3 Å². The molecule has 0 radical (unpaired) electrons. The molecule has 0 aromatic carbocycles. The van der Waals surface area contributed by atoms with Crippen LogP contribution >= 0.6 is 0 Å². The average molecular weight is 221 g/mol. The Hall–Kier alpha value is -0.930. The van der Waals surface area contributed by atoms with E-state index >= 15 is 0 Å². The number of pyridine rings is 1. The van der Waals surface area contributed by atoms with Gasteiger partial charge in [-0.3, -0.25) is 4.98 Å². The number of hydrogen-bond acceptors (Lipinski definition) is 3. The first-order chi connectivity index (χ1) is 7.66. The minimum Gasteiger partial charge on any atom is -0.390 e. The van der Waals surface area contributed by atoms with Crippen LogP contribution in [-0.4, -0.2) is 27.4 Å². The maximum Gasteiger partial charge on any atom is 0.0830 e.